The third-order valence-electron chi connectivity index (χ3n) is 2.20. The van der Waals surface area contributed by atoms with Gasteiger partial charge in [0.25, 0.3) is 0 Å². The fraction of sp³-hybridized carbons (Fsp3) is 0.167. The summed E-state index contributed by atoms with van der Waals surface area (Å²) in [5.41, 5.74) is 0.589. The van der Waals surface area contributed by atoms with E-state index in [0.717, 1.165) is 17.2 Å². The summed E-state index contributed by atoms with van der Waals surface area (Å²) in [6.45, 7) is 0.841. The number of aryl methyl sites for hydroxylation is 1. The SMILES string of the molecule is N#Cc1ccc(SCCn2cccn2)c(Cl)c1. The first-order valence-electron chi connectivity index (χ1n) is 5.09. The Hall–Kier alpha value is -1.44. The van der Waals surface area contributed by atoms with Crippen molar-refractivity contribution < 1.29 is 0 Å². The Balaban J connectivity index is 1.93. The van der Waals surface area contributed by atoms with Crippen molar-refractivity contribution in [2.75, 3.05) is 5.75 Å². The van der Waals surface area contributed by atoms with Crippen LogP contribution in [0.1, 0.15) is 5.56 Å². The lowest BCUT2D eigenvalue weighted by molar-refractivity contribution is 0.666. The minimum atomic E-state index is 0.589. The summed E-state index contributed by atoms with van der Waals surface area (Å²) in [7, 11) is 0. The fourth-order valence-electron chi connectivity index (χ4n) is 1.37. The Labute approximate surface area is 109 Å². The molecule has 1 aromatic carbocycles. The van der Waals surface area contributed by atoms with Crippen LogP contribution >= 0.6 is 23.4 Å². The van der Waals surface area contributed by atoms with Gasteiger partial charge in [-0.3, -0.25) is 4.68 Å². The van der Waals surface area contributed by atoms with E-state index in [-0.39, 0.29) is 0 Å². The Morgan fingerprint density at radius 2 is 2.35 bits per heavy atom. The van der Waals surface area contributed by atoms with Crippen LogP contribution < -0.4 is 0 Å². The van der Waals surface area contributed by atoms with Gasteiger partial charge in [0.05, 0.1) is 23.2 Å². The van der Waals surface area contributed by atoms with E-state index in [1.165, 1.54) is 0 Å². The van der Waals surface area contributed by atoms with E-state index < -0.39 is 0 Å². The molecule has 17 heavy (non-hydrogen) atoms. The maximum atomic E-state index is 8.73. The Bertz CT molecular complexity index is 531. The number of nitrogens with zero attached hydrogens (tertiary/aromatic N) is 3. The number of hydrogen-bond acceptors (Lipinski definition) is 3. The van der Waals surface area contributed by atoms with Gasteiger partial charge in [0, 0.05) is 23.0 Å². The number of halogens is 1. The largest absolute Gasteiger partial charge is 0.272 e. The summed E-state index contributed by atoms with van der Waals surface area (Å²) < 4.78 is 1.88. The topological polar surface area (TPSA) is 41.6 Å². The number of rotatable bonds is 4. The van der Waals surface area contributed by atoms with Gasteiger partial charge >= 0.3 is 0 Å². The fourth-order valence-corrected chi connectivity index (χ4v) is 2.57. The zero-order valence-corrected chi connectivity index (χ0v) is 10.6. The highest BCUT2D eigenvalue weighted by molar-refractivity contribution is 7.99. The van der Waals surface area contributed by atoms with E-state index >= 15 is 0 Å². The van der Waals surface area contributed by atoms with Crippen molar-refractivity contribution in [2.45, 2.75) is 11.4 Å². The van der Waals surface area contributed by atoms with Gasteiger partial charge < -0.3 is 0 Å². The molecule has 0 aliphatic rings. The molecule has 0 saturated carbocycles. The second kappa shape index (κ2) is 5.76. The maximum Gasteiger partial charge on any atom is 0.0992 e. The number of nitriles is 1. The van der Waals surface area contributed by atoms with Crippen molar-refractivity contribution in [3.8, 4) is 6.07 Å². The van der Waals surface area contributed by atoms with Crippen molar-refractivity contribution in [3.05, 3.63) is 47.2 Å². The third-order valence-corrected chi connectivity index (χ3v) is 3.68. The first-order chi connectivity index (χ1) is 8.29. The molecule has 0 atom stereocenters. The van der Waals surface area contributed by atoms with Crippen LogP contribution in [-0.4, -0.2) is 15.5 Å². The highest BCUT2D eigenvalue weighted by atomic mass is 35.5. The predicted molar refractivity (Wildman–Crippen MR) is 69.1 cm³/mol. The van der Waals surface area contributed by atoms with Crippen molar-refractivity contribution >= 4 is 23.4 Å². The molecule has 86 valence electrons. The van der Waals surface area contributed by atoms with Crippen LogP contribution in [0.15, 0.2) is 41.6 Å². The summed E-state index contributed by atoms with van der Waals surface area (Å²) in [6, 6.07) is 9.32. The molecule has 0 unspecified atom stereocenters. The zero-order chi connectivity index (χ0) is 12.1. The first kappa shape index (κ1) is 12.0. The Morgan fingerprint density at radius 3 is 3.00 bits per heavy atom. The van der Waals surface area contributed by atoms with E-state index in [1.54, 1.807) is 30.1 Å². The highest BCUT2D eigenvalue weighted by Gasteiger charge is 2.02. The monoisotopic (exact) mass is 263 g/mol. The normalized spacial score (nSPS) is 10.1. The zero-order valence-electron chi connectivity index (χ0n) is 9.01. The second-order valence-electron chi connectivity index (χ2n) is 3.37. The van der Waals surface area contributed by atoms with Crippen molar-refractivity contribution in [3.63, 3.8) is 0 Å². The Morgan fingerprint density at radius 1 is 1.47 bits per heavy atom. The van der Waals surface area contributed by atoms with E-state index in [4.69, 9.17) is 16.9 Å². The van der Waals surface area contributed by atoms with Crippen LogP contribution in [0.3, 0.4) is 0 Å². The lowest BCUT2D eigenvalue weighted by Crippen LogP contribution is -2.00. The molecule has 1 heterocycles. The van der Waals surface area contributed by atoms with E-state index in [2.05, 4.69) is 11.2 Å². The summed E-state index contributed by atoms with van der Waals surface area (Å²) in [5, 5.41) is 13.5. The molecule has 0 N–H and O–H groups in total. The van der Waals surface area contributed by atoms with Crippen LogP contribution in [-0.2, 0) is 6.54 Å². The van der Waals surface area contributed by atoms with Crippen molar-refractivity contribution in [1.82, 2.24) is 9.78 Å². The molecule has 0 aliphatic carbocycles. The van der Waals surface area contributed by atoms with E-state index in [0.29, 0.717) is 10.6 Å². The highest BCUT2D eigenvalue weighted by Crippen LogP contribution is 2.27. The quantitative estimate of drug-likeness (QED) is 0.796. The van der Waals surface area contributed by atoms with Gasteiger partial charge in [0.1, 0.15) is 0 Å². The van der Waals surface area contributed by atoms with Gasteiger partial charge in [0.15, 0.2) is 0 Å². The second-order valence-corrected chi connectivity index (χ2v) is 4.92. The first-order valence-corrected chi connectivity index (χ1v) is 6.46. The van der Waals surface area contributed by atoms with E-state index in [9.17, 15) is 0 Å². The molecule has 0 amide bonds. The van der Waals surface area contributed by atoms with Crippen LogP contribution in [0.25, 0.3) is 0 Å². The maximum absolute atomic E-state index is 8.73. The molecule has 1 aromatic heterocycles. The van der Waals surface area contributed by atoms with Crippen LogP contribution in [0.4, 0.5) is 0 Å². The summed E-state index contributed by atoms with van der Waals surface area (Å²) in [6.07, 6.45) is 3.69. The summed E-state index contributed by atoms with van der Waals surface area (Å²) in [5.74, 6) is 0.896. The molecule has 0 fully saturated rings. The molecule has 0 aliphatic heterocycles. The molecular formula is C12H10ClN3S. The molecular weight excluding hydrogens is 254 g/mol. The minimum Gasteiger partial charge on any atom is -0.272 e. The Kier molecular flexibility index (Phi) is 4.08. The van der Waals surface area contributed by atoms with Gasteiger partial charge in [0.2, 0.25) is 0 Å². The molecule has 0 saturated heterocycles. The standard InChI is InChI=1S/C12H10ClN3S/c13-11-8-10(9-14)2-3-12(11)17-7-6-16-5-1-4-15-16/h1-5,8H,6-7H2. The average Bonchev–Trinajstić information content (AvgIpc) is 2.84. The summed E-state index contributed by atoms with van der Waals surface area (Å²) in [4.78, 5) is 0.998. The lowest BCUT2D eigenvalue weighted by Gasteiger charge is -2.04. The number of thioether (sulfide) groups is 1. The third kappa shape index (κ3) is 3.26. The molecule has 0 spiro atoms. The van der Waals surface area contributed by atoms with Gasteiger partial charge in [-0.15, -0.1) is 11.8 Å². The van der Waals surface area contributed by atoms with Crippen LogP contribution in [0.2, 0.25) is 5.02 Å². The minimum absolute atomic E-state index is 0.589. The van der Waals surface area contributed by atoms with Crippen LogP contribution in [0, 0.1) is 11.3 Å². The smallest absolute Gasteiger partial charge is 0.0992 e. The van der Waals surface area contributed by atoms with Crippen molar-refractivity contribution in [2.24, 2.45) is 0 Å². The van der Waals surface area contributed by atoms with Gasteiger partial charge in [-0.1, -0.05) is 11.6 Å². The number of hydrogen-bond donors (Lipinski definition) is 0. The molecule has 2 aromatic rings. The van der Waals surface area contributed by atoms with Gasteiger partial charge in [-0.05, 0) is 24.3 Å². The van der Waals surface area contributed by atoms with Gasteiger partial charge in [-0.2, -0.15) is 10.4 Å². The summed E-state index contributed by atoms with van der Waals surface area (Å²) >= 11 is 7.74. The van der Waals surface area contributed by atoms with Gasteiger partial charge in [-0.25, -0.2) is 0 Å². The van der Waals surface area contributed by atoms with Crippen molar-refractivity contribution in [1.29, 1.82) is 5.26 Å². The molecule has 0 bridgehead atoms. The molecule has 2 rings (SSSR count). The molecule has 0 radical (unpaired) electrons. The molecule has 3 nitrogen and oxygen atoms in total. The number of aromatic nitrogens is 2. The van der Waals surface area contributed by atoms with E-state index in [1.807, 2.05) is 23.0 Å². The number of benzene rings is 1. The average molecular weight is 264 g/mol. The molecule has 5 heteroatoms. The predicted octanol–water partition coefficient (Wildman–Crippen LogP) is 3.20. The van der Waals surface area contributed by atoms with Crippen LogP contribution in [0.5, 0.6) is 0 Å². The lowest BCUT2D eigenvalue weighted by atomic mass is 10.2.